The number of anilines is 2. The minimum Gasteiger partial charge on any atom is -0.357 e. The molecule has 1 fully saturated rings. The Balaban J connectivity index is 1.90. The van der Waals surface area contributed by atoms with Gasteiger partial charge in [-0.15, -0.1) is 0 Å². The summed E-state index contributed by atoms with van der Waals surface area (Å²) in [5.74, 6) is 0.870. The summed E-state index contributed by atoms with van der Waals surface area (Å²) in [6.07, 6.45) is 3.66. The number of carbonyl (C=O) groups excluding carboxylic acids is 1. The summed E-state index contributed by atoms with van der Waals surface area (Å²) in [7, 11) is 0. The van der Waals surface area contributed by atoms with Crippen LogP contribution in [0.1, 0.15) is 33.6 Å². The monoisotopic (exact) mass is 290 g/mol. The van der Waals surface area contributed by atoms with Gasteiger partial charge in [-0.25, -0.2) is 9.97 Å². The van der Waals surface area contributed by atoms with Crippen LogP contribution in [0.15, 0.2) is 12.3 Å². The molecule has 0 atom stereocenters. The van der Waals surface area contributed by atoms with E-state index in [9.17, 15) is 4.79 Å². The second-order valence-corrected chi connectivity index (χ2v) is 7.16. The van der Waals surface area contributed by atoms with Gasteiger partial charge in [0.1, 0.15) is 0 Å². The molecule has 2 aromatic rings. The Morgan fingerprint density at radius 3 is 2.80 bits per heavy atom. The molecule has 2 N–H and O–H groups in total. The van der Waals surface area contributed by atoms with E-state index >= 15 is 0 Å². The smallest absolute Gasteiger partial charge is 0.228 e. The third-order valence-corrected chi connectivity index (χ3v) is 3.97. The number of amides is 1. The largest absolute Gasteiger partial charge is 0.357 e. The first-order valence-corrected chi connectivity index (χ1v) is 7.59. The molecule has 2 aromatic heterocycles. The molecule has 1 amide bonds. The van der Waals surface area contributed by atoms with E-state index in [1.807, 2.05) is 6.07 Å². The van der Waals surface area contributed by atoms with E-state index in [-0.39, 0.29) is 17.4 Å². The fraction of sp³-hybridized carbons (Fsp3) is 0.500. The Morgan fingerprint density at radius 1 is 1.40 bits per heavy atom. The Hall–Kier alpha value is -1.69. The van der Waals surface area contributed by atoms with Crippen molar-refractivity contribution in [2.24, 2.45) is 5.92 Å². The number of pyridine rings is 1. The van der Waals surface area contributed by atoms with Gasteiger partial charge in [-0.2, -0.15) is 0 Å². The standard InChI is InChI=1S/C14H18N4OS/c1-14(2,3)18-13-16-9-6-7-15-11(10(9)20-13)17-12(19)8-4-5-8/h6-8H,4-5H2,1-3H3,(H,16,18)(H,15,17,19). The van der Waals surface area contributed by atoms with Crippen LogP contribution in [0.2, 0.25) is 0 Å². The maximum Gasteiger partial charge on any atom is 0.228 e. The van der Waals surface area contributed by atoms with E-state index < -0.39 is 0 Å². The molecular formula is C14H18N4OS. The first-order valence-electron chi connectivity index (χ1n) is 6.77. The Bertz CT molecular complexity index is 655. The highest BCUT2D eigenvalue weighted by atomic mass is 32.1. The highest BCUT2D eigenvalue weighted by Gasteiger charge is 2.30. The number of nitrogens with one attached hydrogen (secondary N) is 2. The Morgan fingerprint density at radius 2 is 2.15 bits per heavy atom. The number of rotatable bonds is 3. The van der Waals surface area contributed by atoms with Crippen LogP contribution in [0.5, 0.6) is 0 Å². The molecule has 0 aromatic carbocycles. The number of carbonyl (C=O) groups is 1. The second kappa shape index (κ2) is 4.70. The Labute approximate surface area is 121 Å². The van der Waals surface area contributed by atoms with Gasteiger partial charge < -0.3 is 10.6 Å². The zero-order chi connectivity index (χ0) is 14.3. The van der Waals surface area contributed by atoms with E-state index in [1.54, 1.807) is 6.20 Å². The fourth-order valence-corrected chi connectivity index (χ4v) is 3.00. The summed E-state index contributed by atoms with van der Waals surface area (Å²) in [5.41, 5.74) is 0.821. The summed E-state index contributed by atoms with van der Waals surface area (Å²) in [6, 6.07) is 1.87. The molecule has 0 unspecified atom stereocenters. The molecule has 5 nitrogen and oxygen atoms in total. The maximum absolute atomic E-state index is 11.9. The maximum atomic E-state index is 11.9. The lowest BCUT2D eigenvalue weighted by molar-refractivity contribution is -0.117. The number of fused-ring (bicyclic) bond motifs is 1. The van der Waals surface area contributed by atoms with E-state index in [0.29, 0.717) is 5.82 Å². The lowest BCUT2D eigenvalue weighted by Gasteiger charge is -2.19. The van der Waals surface area contributed by atoms with Crippen molar-refractivity contribution >= 4 is 38.4 Å². The molecule has 2 heterocycles. The van der Waals surface area contributed by atoms with E-state index in [2.05, 4.69) is 41.4 Å². The highest BCUT2D eigenvalue weighted by Crippen LogP contribution is 2.34. The van der Waals surface area contributed by atoms with Crippen molar-refractivity contribution in [3.8, 4) is 0 Å². The van der Waals surface area contributed by atoms with Gasteiger partial charge in [0, 0.05) is 17.7 Å². The van der Waals surface area contributed by atoms with Crippen LogP contribution < -0.4 is 10.6 Å². The topological polar surface area (TPSA) is 66.9 Å². The SMILES string of the molecule is CC(C)(C)Nc1nc2ccnc(NC(=O)C3CC3)c2s1. The van der Waals surface area contributed by atoms with Gasteiger partial charge in [-0.05, 0) is 39.7 Å². The lowest BCUT2D eigenvalue weighted by atomic mass is 10.1. The van der Waals surface area contributed by atoms with Crippen molar-refractivity contribution in [1.29, 1.82) is 0 Å². The molecule has 106 valence electrons. The van der Waals surface area contributed by atoms with Crippen LogP contribution >= 0.6 is 11.3 Å². The molecule has 20 heavy (non-hydrogen) atoms. The molecule has 3 rings (SSSR count). The number of hydrogen-bond donors (Lipinski definition) is 2. The van der Waals surface area contributed by atoms with Crippen molar-refractivity contribution in [2.45, 2.75) is 39.2 Å². The number of aromatic nitrogens is 2. The van der Waals surface area contributed by atoms with Crippen LogP contribution in [0.25, 0.3) is 10.2 Å². The summed E-state index contributed by atoms with van der Waals surface area (Å²) < 4.78 is 0.924. The minimum atomic E-state index is -0.0429. The van der Waals surface area contributed by atoms with Gasteiger partial charge in [0.15, 0.2) is 10.9 Å². The van der Waals surface area contributed by atoms with Gasteiger partial charge in [-0.3, -0.25) is 4.79 Å². The van der Waals surface area contributed by atoms with E-state index in [1.165, 1.54) is 11.3 Å². The minimum absolute atomic E-state index is 0.0429. The molecule has 0 bridgehead atoms. The molecule has 1 aliphatic carbocycles. The average Bonchev–Trinajstić information content (AvgIpc) is 3.09. The van der Waals surface area contributed by atoms with Crippen LogP contribution in [0.4, 0.5) is 10.9 Å². The quantitative estimate of drug-likeness (QED) is 0.910. The number of nitrogens with zero attached hydrogens (tertiary/aromatic N) is 2. The van der Waals surface area contributed by atoms with Crippen molar-refractivity contribution in [1.82, 2.24) is 9.97 Å². The zero-order valence-corrected chi connectivity index (χ0v) is 12.7. The number of thiazole rings is 1. The van der Waals surface area contributed by atoms with Gasteiger partial charge in [0.2, 0.25) is 5.91 Å². The van der Waals surface area contributed by atoms with Crippen LogP contribution in [0, 0.1) is 5.92 Å². The zero-order valence-electron chi connectivity index (χ0n) is 11.9. The van der Waals surface area contributed by atoms with Crippen LogP contribution in [0.3, 0.4) is 0 Å². The third-order valence-electron chi connectivity index (χ3n) is 2.98. The van der Waals surface area contributed by atoms with Gasteiger partial charge in [0.25, 0.3) is 0 Å². The van der Waals surface area contributed by atoms with Gasteiger partial charge >= 0.3 is 0 Å². The third kappa shape index (κ3) is 2.90. The molecule has 1 aliphatic rings. The molecule has 1 saturated carbocycles. The van der Waals surface area contributed by atoms with Gasteiger partial charge in [-0.1, -0.05) is 11.3 Å². The highest BCUT2D eigenvalue weighted by molar-refractivity contribution is 7.22. The second-order valence-electron chi connectivity index (χ2n) is 6.17. The molecule has 0 aliphatic heterocycles. The normalized spacial score (nSPS) is 15.3. The molecule has 0 saturated heterocycles. The van der Waals surface area contributed by atoms with E-state index in [0.717, 1.165) is 28.2 Å². The lowest BCUT2D eigenvalue weighted by Crippen LogP contribution is -2.25. The number of hydrogen-bond acceptors (Lipinski definition) is 5. The summed E-state index contributed by atoms with van der Waals surface area (Å²) in [5, 5.41) is 7.12. The van der Waals surface area contributed by atoms with Crippen molar-refractivity contribution < 1.29 is 4.79 Å². The summed E-state index contributed by atoms with van der Waals surface area (Å²) >= 11 is 1.53. The molecule has 0 radical (unpaired) electrons. The van der Waals surface area contributed by atoms with Gasteiger partial charge in [0.05, 0.1) is 10.2 Å². The summed E-state index contributed by atoms with van der Waals surface area (Å²) in [6.45, 7) is 6.27. The first-order chi connectivity index (χ1) is 9.42. The molecule has 0 spiro atoms. The van der Waals surface area contributed by atoms with Crippen molar-refractivity contribution in [2.75, 3.05) is 10.6 Å². The van der Waals surface area contributed by atoms with Crippen molar-refractivity contribution in [3.63, 3.8) is 0 Å². The van der Waals surface area contributed by atoms with Crippen LogP contribution in [-0.4, -0.2) is 21.4 Å². The molecule has 6 heteroatoms. The fourth-order valence-electron chi connectivity index (χ4n) is 1.88. The summed E-state index contributed by atoms with van der Waals surface area (Å²) in [4.78, 5) is 20.7. The Kier molecular flexibility index (Phi) is 3.12. The average molecular weight is 290 g/mol. The first kappa shape index (κ1) is 13.3. The van der Waals surface area contributed by atoms with Crippen LogP contribution in [-0.2, 0) is 4.79 Å². The van der Waals surface area contributed by atoms with E-state index in [4.69, 9.17) is 0 Å². The molecular weight excluding hydrogens is 272 g/mol. The predicted octanol–water partition coefficient (Wildman–Crippen LogP) is 3.25. The van der Waals surface area contributed by atoms with Crippen molar-refractivity contribution in [3.05, 3.63) is 12.3 Å². The predicted molar refractivity (Wildman–Crippen MR) is 82.1 cm³/mol.